The zero-order chi connectivity index (χ0) is 79.9. The molecule has 34 unspecified atom stereocenters. The topological polar surface area (TPSA) is 0 Å². The van der Waals surface area contributed by atoms with Crippen LogP contribution in [0.1, 0.15) is 466 Å². The van der Waals surface area contributed by atoms with E-state index in [1.54, 1.807) is 148 Å². The van der Waals surface area contributed by atoms with Gasteiger partial charge in [0.1, 0.15) is 0 Å². The SMILES string of the molecule is CC(C)C1(C)CC2CC1C1C3CCC(C3)C21.CC(C)C1(C)CC2CCC1C2.CC(C)C1(C)CCC2CCCCC2C1.CC1(C)CC2CC1C1C3CCC(C3)C21.CC1(C)CC2CC1C1CCCC21.CC1(C)CCC2CCCCC2C1.CC1(C)CCCC1.CC1(C)CCCC2CCCCC21.CCC1(C)CC2CC1C1C3CCC(C3)C21. The number of rotatable bonds is 4. The van der Waals surface area contributed by atoms with Crippen LogP contribution in [0.4, 0.5) is 0 Å². The minimum atomic E-state index is 0.665. The maximum absolute atomic E-state index is 2.62. The molecule has 0 radical (unpaired) electrons. The quantitative estimate of drug-likeness (QED) is 0.246. The van der Waals surface area contributed by atoms with Gasteiger partial charge in [0.15, 0.2) is 0 Å². The van der Waals surface area contributed by atoms with Gasteiger partial charge in [-0.1, -0.05) is 261 Å². The summed E-state index contributed by atoms with van der Waals surface area (Å²) in [6, 6.07) is 0. The zero-order valence-corrected chi connectivity index (χ0v) is 79.9. The van der Waals surface area contributed by atoms with Crippen molar-refractivity contribution in [2.45, 2.75) is 466 Å². The minimum absolute atomic E-state index is 0.665. The van der Waals surface area contributed by atoms with Crippen LogP contribution >= 0.6 is 0 Å². The second-order valence-corrected chi connectivity index (χ2v) is 54.8. The highest BCUT2D eigenvalue weighted by molar-refractivity contribution is 5.17. The van der Waals surface area contributed by atoms with Gasteiger partial charge in [-0.15, -0.1) is 0 Å². The smallest absolute Gasteiger partial charge is 0.0269 e. The van der Waals surface area contributed by atoms with Crippen LogP contribution in [-0.4, -0.2) is 0 Å². The van der Waals surface area contributed by atoms with E-state index in [2.05, 4.69) is 145 Å². The third-order valence-corrected chi connectivity index (χ3v) is 46.2. The highest BCUT2D eigenvalue weighted by Gasteiger charge is 2.68. The Hall–Kier alpha value is 0. The van der Waals surface area contributed by atoms with E-state index in [0.717, 1.165) is 130 Å². The predicted molar refractivity (Wildman–Crippen MR) is 487 cm³/mol. The van der Waals surface area contributed by atoms with E-state index in [-0.39, 0.29) is 0 Å². The van der Waals surface area contributed by atoms with Gasteiger partial charge in [0.2, 0.25) is 0 Å². The van der Waals surface area contributed by atoms with Gasteiger partial charge in [-0.2, -0.15) is 0 Å². The van der Waals surface area contributed by atoms with Crippen molar-refractivity contribution in [2.75, 3.05) is 0 Å². The van der Waals surface area contributed by atoms with Crippen molar-refractivity contribution < 1.29 is 0 Å². The Labute approximate surface area is 706 Å². The third-order valence-electron chi connectivity index (χ3n) is 46.2. The highest BCUT2D eigenvalue weighted by Crippen LogP contribution is 2.76. The molecule has 16 bridgehead atoms. The molecule has 0 nitrogen and oxygen atoms in total. The number of fused-ring (bicyclic) bond motifs is 37. The summed E-state index contributed by atoms with van der Waals surface area (Å²) in [5, 5.41) is 0. The van der Waals surface area contributed by atoms with Gasteiger partial charge in [-0.05, 0) is 449 Å². The van der Waals surface area contributed by atoms with Gasteiger partial charge >= 0.3 is 0 Å². The first-order valence-corrected chi connectivity index (χ1v) is 53.5. The van der Waals surface area contributed by atoms with Crippen molar-refractivity contribution in [1.29, 1.82) is 0 Å². The van der Waals surface area contributed by atoms with Crippen molar-refractivity contribution in [3.63, 3.8) is 0 Å². The second kappa shape index (κ2) is 33.5. The highest BCUT2D eigenvalue weighted by atomic mass is 14.7. The van der Waals surface area contributed by atoms with E-state index in [1.807, 2.05) is 0 Å². The molecule has 24 fully saturated rings. The van der Waals surface area contributed by atoms with E-state index in [0.29, 0.717) is 43.3 Å². The van der Waals surface area contributed by atoms with Crippen LogP contribution in [0.25, 0.3) is 0 Å². The molecule has 113 heavy (non-hydrogen) atoms. The van der Waals surface area contributed by atoms with Crippen LogP contribution in [0.2, 0.25) is 0 Å². The fraction of sp³-hybridized carbons (Fsp3) is 1.00. The average molecular weight is 1550 g/mol. The number of hydrogen-bond acceptors (Lipinski definition) is 0. The summed E-state index contributed by atoms with van der Waals surface area (Å²) in [6.07, 6.45) is 77.0. The van der Waals surface area contributed by atoms with Gasteiger partial charge in [0.25, 0.3) is 0 Å². The molecule has 0 heterocycles. The summed E-state index contributed by atoms with van der Waals surface area (Å²) in [7, 11) is 0. The van der Waals surface area contributed by atoms with Crippen LogP contribution < -0.4 is 0 Å². The fourth-order valence-corrected chi connectivity index (χ4v) is 39.3. The van der Waals surface area contributed by atoms with E-state index in [1.165, 1.54) is 244 Å². The molecule has 0 heteroatoms. The summed E-state index contributed by atoms with van der Waals surface area (Å²) in [5.74, 6) is 37.0. The molecular formula is C113H196. The predicted octanol–water partition coefficient (Wildman–Crippen LogP) is 34.3. The van der Waals surface area contributed by atoms with Gasteiger partial charge in [0.05, 0.1) is 0 Å². The van der Waals surface area contributed by atoms with E-state index in [4.69, 9.17) is 0 Å². The van der Waals surface area contributed by atoms with Crippen LogP contribution in [0, 0.1) is 244 Å². The lowest BCUT2D eigenvalue weighted by molar-refractivity contribution is 0.0145. The van der Waals surface area contributed by atoms with Gasteiger partial charge < -0.3 is 0 Å². The Kier molecular flexibility index (Phi) is 25.6. The molecule has 24 saturated carbocycles. The van der Waals surface area contributed by atoms with E-state index in [9.17, 15) is 0 Å². The van der Waals surface area contributed by atoms with Crippen LogP contribution in [-0.2, 0) is 0 Å². The number of hydrogen-bond donors (Lipinski definition) is 0. The fourth-order valence-electron chi connectivity index (χ4n) is 39.3. The standard InChI is InChI=1S/C16H26.C15H24.C14H22.C14H26.C12H20.2C12H22.C11H20.C7H14/c1-9(2)16(3)8-12-7-13(16)15-11-5-4-10(6-11)14(12)15;1-3-15(2)8-11-7-12(15)14-10-5-4-9(6-10)13(11)14;1-14(2)7-10-6-11(14)13-9-4-3-8(5-9)12(10)13;1-11(2)14(3)9-8-12-6-4-5-7-13(12)10-14;1-12(2)7-8-6-11(12)10-5-3-4-9(8)10;1-12(2)9-5-7-10-6-3-4-8-11(10)12;1-12(2)8-7-10-5-3-4-6-11(10)9-12;1-8(2)11(3)7-9-4-5-10(11)6-9;1-7(2)5-3-4-6-7/h9-15H,4-8H2,1-3H3;9-14H,3-8H2,1-2H3;8-13H,3-7H2,1-2H3;11-13H,4-10H2,1-3H3;8-11H,3-7H2,1-2H3;2*10-11H,3-9H2,1-2H3;8-10H,4-7H2,1-3H3;3-6H2,1-2H3. The van der Waals surface area contributed by atoms with Crippen molar-refractivity contribution in [2.24, 2.45) is 244 Å². The second-order valence-electron chi connectivity index (χ2n) is 54.8. The first kappa shape index (κ1) is 86.5. The van der Waals surface area contributed by atoms with Crippen molar-refractivity contribution >= 4 is 0 Å². The zero-order valence-electron chi connectivity index (χ0n) is 79.9. The summed E-state index contributed by atoms with van der Waals surface area (Å²) in [4.78, 5) is 0. The summed E-state index contributed by atoms with van der Waals surface area (Å²) >= 11 is 0. The molecule has 0 aromatic carbocycles. The van der Waals surface area contributed by atoms with Crippen molar-refractivity contribution in [3.8, 4) is 0 Å². The molecule has 0 saturated heterocycles. The monoisotopic (exact) mass is 1550 g/mol. The van der Waals surface area contributed by atoms with Crippen LogP contribution in [0.15, 0.2) is 0 Å². The lowest BCUT2D eigenvalue weighted by Crippen LogP contribution is -2.41. The molecule has 24 aliphatic carbocycles. The Balaban J connectivity index is 0.0000000966. The van der Waals surface area contributed by atoms with E-state index < -0.39 is 0 Å². The normalized spacial score (nSPS) is 51.5. The van der Waals surface area contributed by atoms with E-state index >= 15 is 0 Å². The summed E-state index contributed by atoms with van der Waals surface area (Å²) in [6.45, 7) is 52.0. The maximum atomic E-state index is 2.62. The lowest BCUT2D eigenvalue weighted by Gasteiger charge is -2.47. The Morgan fingerprint density at radius 3 is 1.22 bits per heavy atom. The maximum Gasteiger partial charge on any atom is -0.0269 e. The first-order chi connectivity index (χ1) is 53.5. The lowest BCUT2D eigenvalue weighted by atomic mass is 9.58. The molecule has 0 aromatic rings. The minimum Gasteiger partial charge on any atom is -0.0649 e. The molecule has 0 spiro atoms. The Morgan fingerprint density at radius 1 is 0.239 bits per heavy atom. The molecule has 24 aliphatic rings. The average Bonchev–Trinajstić information content (AvgIpc) is 1.55. The molecule has 648 valence electrons. The Morgan fingerprint density at radius 2 is 0.699 bits per heavy atom. The largest absolute Gasteiger partial charge is 0.0649 e. The molecule has 0 N–H and O–H groups in total. The molecule has 0 amide bonds. The third kappa shape index (κ3) is 16.9. The van der Waals surface area contributed by atoms with Gasteiger partial charge in [0, 0.05) is 0 Å². The van der Waals surface area contributed by atoms with Gasteiger partial charge in [-0.3, -0.25) is 0 Å². The summed E-state index contributed by atoms with van der Waals surface area (Å²) < 4.78 is 0. The molecule has 34 atom stereocenters. The van der Waals surface area contributed by atoms with Gasteiger partial charge in [-0.25, -0.2) is 0 Å². The van der Waals surface area contributed by atoms with Crippen LogP contribution in [0.5, 0.6) is 0 Å². The first-order valence-electron chi connectivity index (χ1n) is 53.5. The van der Waals surface area contributed by atoms with Crippen LogP contribution in [0.3, 0.4) is 0 Å². The molecule has 24 rings (SSSR count). The summed E-state index contributed by atoms with van der Waals surface area (Å²) in [5.41, 5.74) is 6.27. The van der Waals surface area contributed by atoms with Crippen molar-refractivity contribution in [1.82, 2.24) is 0 Å². The Bertz CT molecular complexity index is 3070. The van der Waals surface area contributed by atoms with Crippen molar-refractivity contribution in [3.05, 3.63) is 0 Å². The molecular weight excluding hydrogens is 1360 g/mol. The molecule has 0 aromatic heterocycles. The molecule has 0 aliphatic heterocycles.